The highest BCUT2D eigenvalue weighted by Crippen LogP contribution is 2.41. The molecular formula is C25H30F3N3O. The van der Waals surface area contributed by atoms with E-state index in [0.717, 1.165) is 34.3 Å². The molecule has 0 saturated carbocycles. The maximum atomic E-state index is 13.5. The third kappa shape index (κ3) is 4.94. The molecule has 0 radical (unpaired) electrons. The topological polar surface area (TPSA) is 40.3 Å². The second kappa shape index (κ2) is 10.4. The van der Waals surface area contributed by atoms with Crippen LogP contribution < -0.4 is 10.1 Å². The number of hydrogen-bond acceptors (Lipinski definition) is 3. The Morgan fingerprint density at radius 1 is 1.12 bits per heavy atom. The fraction of sp³-hybridized carbons (Fsp3) is 0.440. The number of aromatic nitrogens is 1. The van der Waals surface area contributed by atoms with Crippen LogP contribution in [0.5, 0.6) is 5.75 Å². The molecule has 0 fully saturated rings. The van der Waals surface area contributed by atoms with Gasteiger partial charge in [0.05, 0.1) is 19.3 Å². The number of nitrogens with zero attached hydrogens (tertiary/aromatic N) is 1. The lowest BCUT2D eigenvalue weighted by atomic mass is 9.88. The number of para-hydroxylation sites is 1. The Morgan fingerprint density at radius 2 is 1.91 bits per heavy atom. The van der Waals surface area contributed by atoms with Gasteiger partial charge in [-0.25, -0.2) is 8.78 Å². The highest BCUT2D eigenvalue weighted by molar-refractivity contribution is 5.85. The molecule has 0 amide bonds. The molecule has 1 unspecified atom stereocenters. The zero-order valence-electron chi connectivity index (χ0n) is 18.3. The first kappa shape index (κ1) is 22.7. The second-order valence-electron chi connectivity index (χ2n) is 8.32. The summed E-state index contributed by atoms with van der Waals surface area (Å²) in [6, 6.07) is 15.5. The molecule has 0 aliphatic carbocycles. The van der Waals surface area contributed by atoms with Gasteiger partial charge in [-0.05, 0) is 55.6 Å². The highest BCUT2D eigenvalue weighted by atomic mass is 19.3. The number of halogens is 3. The number of ether oxygens (including phenoxy) is 1. The molecule has 1 aliphatic heterocycles. The van der Waals surface area contributed by atoms with E-state index in [1.807, 2.05) is 54.3 Å². The van der Waals surface area contributed by atoms with Gasteiger partial charge in [0.1, 0.15) is 12.4 Å². The zero-order chi connectivity index (χ0) is 22.5. The number of rotatable bonds is 10. The van der Waals surface area contributed by atoms with E-state index in [1.54, 1.807) is 0 Å². The number of aromatic amines is 1. The average Bonchev–Trinajstić information content (AvgIpc) is 3.15. The van der Waals surface area contributed by atoms with Gasteiger partial charge in [-0.2, -0.15) is 0 Å². The third-order valence-electron chi connectivity index (χ3n) is 6.10. The van der Waals surface area contributed by atoms with Gasteiger partial charge in [0.2, 0.25) is 0 Å². The molecule has 32 heavy (non-hydrogen) atoms. The molecule has 2 N–H and O–H groups in total. The molecule has 2 atom stereocenters. The summed E-state index contributed by atoms with van der Waals surface area (Å²) >= 11 is 0. The first-order valence-corrected chi connectivity index (χ1v) is 11.2. The van der Waals surface area contributed by atoms with Crippen LogP contribution in [0.25, 0.3) is 10.9 Å². The monoisotopic (exact) mass is 445 g/mol. The molecule has 4 nitrogen and oxygen atoms in total. The fourth-order valence-corrected chi connectivity index (χ4v) is 4.61. The van der Waals surface area contributed by atoms with Crippen LogP contribution in [0.3, 0.4) is 0 Å². The van der Waals surface area contributed by atoms with Crippen molar-refractivity contribution in [2.75, 3.05) is 32.9 Å². The Kier molecular flexibility index (Phi) is 7.37. The molecule has 0 bridgehead atoms. The number of fused-ring (bicyclic) bond motifs is 3. The number of alkyl halides is 3. The van der Waals surface area contributed by atoms with Gasteiger partial charge in [-0.15, -0.1) is 0 Å². The Labute approximate surface area is 186 Å². The van der Waals surface area contributed by atoms with E-state index in [0.29, 0.717) is 26.1 Å². The predicted octanol–water partition coefficient (Wildman–Crippen LogP) is 5.10. The van der Waals surface area contributed by atoms with Crippen molar-refractivity contribution in [3.05, 3.63) is 65.4 Å². The maximum absolute atomic E-state index is 13.5. The van der Waals surface area contributed by atoms with Crippen molar-refractivity contribution in [2.24, 2.45) is 0 Å². The van der Waals surface area contributed by atoms with Crippen molar-refractivity contribution in [1.82, 2.24) is 15.2 Å². The smallest absolute Gasteiger partial charge is 0.251 e. The third-order valence-corrected chi connectivity index (χ3v) is 6.10. The van der Waals surface area contributed by atoms with Gasteiger partial charge >= 0.3 is 0 Å². The number of nitrogens with one attached hydrogen (secondary N) is 2. The van der Waals surface area contributed by atoms with Crippen LogP contribution in [0.2, 0.25) is 0 Å². The van der Waals surface area contributed by atoms with Crippen LogP contribution in [0, 0.1) is 0 Å². The highest BCUT2D eigenvalue weighted by Gasteiger charge is 2.36. The minimum Gasteiger partial charge on any atom is -0.492 e. The Morgan fingerprint density at radius 3 is 2.66 bits per heavy atom. The van der Waals surface area contributed by atoms with E-state index in [4.69, 9.17) is 4.74 Å². The van der Waals surface area contributed by atoms with Crippen molar-refractivity contribution >= 4 is 10.9 Å². The average molecular weight is 446 g/mol. The molecule has 3 aromatic rings. The van der Waals surface area contributed by atoms with Crippen LogP contribution in [-0.2, 0) is 6.42 Å². The van der Waals surface area contributed by atoms with E-state index in [2.05, 4.69) is 16.4 Å². The zero-order valence-corrected chi connectivity index (χ0v) is 18.3. The SMILES string of the molecule is C[C@@H]1Cc2c([nH]c3ccccc23)C(c2ccc(OCCNCCCF)cc2)N1CC(F)F. The Hall–Kier alpha value is -2.51. The largest absolute Gasteiger partial charge is 0.492 e. The van der Waals surface area contributed by atoms with Crippen molar-refractivity contribution in [2.45, 2.75) is 38.3 Å². The normalized spacial score (nSPS) is 18.9. The van der Waals surface area contributed by atoms with Gasteiger partial charge in [-0.1, -0.05) is 30.3 Å². The molecule has 4 rings (SSSR count). The lowest BCUT2D eigenvalue weighted by molar-refractivity contribution is 0.0456. The molecule has 2 aromatic carbocycles. The van der Waals surface area contributed by atoms with E-state index < -0.39 is 6.43 Å². The van der Waals surface area contributed by atoms with E-state index in [1.165, 1.54) is 5.56 Å². The summed E-state index contributed by atoms with van der Waals surface area (Å²) < 4.78 is 44.8. The lowest BCUT2D eigenvalue weighted by Gasteiger charge is -2.40. The first-order chi connectivity index (χ1) is 15.6. The molecular weight excluding hydrogens is 415 g/mol. The summed E-state index contributed by atoms with van der Waals surface area (Å²) in [6.07, 6.45) is -1.17. The second-order valence-corrected chi connectivity index (χ2v) is 8.32. The number of benzene rings is 2. The van der Waals surface area contributed by atoms with Crippen LogP contribution in [0.4, 0.5) is 13.2 Å². The fourth-order valence-electron chi connectivity index (χ4n) is 4.61. The van der Waals surface area contributed by atoms with E-state index in [9.17, 15) is 13.2 Å². The summed E-state index contributed by atoms with van der Waals surface area (Å²) in [6.45, 7) is 3.18. The van der Waals surface area contributed by atoms with Crippen molar-refractivity contribution < 1.29 is 17.9 Å². The van der Waals surface area contributed by atoms with Crippen molar-refractivity contribution in [3.63, 3.8) is 0 Å². The van der Waals surface area contributed by atoms with E-state index in [-0.39, 0.29) is 25.3 Å². The van der Waals surface area contributed by atoms with Crippen LogP contribution in [-0.4, -0.2) is 55.3 Å². The summed E-state index contributed by atoms with van der Waals surface area (Å²) in [5.41, 5.74) is 4.20. The summed E-state index contributed by atoms with van der Waals surface area (Å²) in [7, 11) is 0. The van der Waals surface area contributed by atoms with Crippen molar-refractivity contribution in [3.8, 4) is 5.75 Å². The molecule has 1 aliphatic rings. The molecule has 7 heteroatoms. The molecule has 172 valence electrons. The van der Waals surface area contributed by atoms with Gasteiger partial charge in [0.25, 0.3) is 6.43 Å². The minimum atomic E-state index is -2.40. The number of H-pyrrole nitrogens is 1. The molecule has 0 spiro atoms. The Balaban J connectivity index is 1.57. The van der Waals surface area contributed by atoms with Gasteiger partial charge in [-0.3, -0.25) is 9.29 Å². The summed E-state index contributed by atoms with van der Waals surface area (Å²) in [5.74, 6) is 0.724. The standard InChI is InChI=1S/C25H30F3N3O/c1-17-15-21-20-5-2-3-6-22(20)30-24(21)25(31(17)16-23(27)28)18-7-9-19(10-8-18)32-14-13-29-12-4-11-26/h2-3,5-10,17,23,25,29-30H,4,11-16H2,1H3/t17-,25?/m1/s1. The van der Waals surface area contributed by atoms with Crippen LogP contribution >= 0.6 is 0 Å². The van der Waals surface area contributed by atoms with Crippen LogP contribution in [0.15, 0.2) is 48.5 Å². The first-order valence-electron chi connectivity index (χ1n) is 11.2. The predicted molar refractivity (Wildman–Crippen MR) is 121 cm³/mol. The summed E-state index contributed by atoms with van der Waals surface area (Å²) in [4.78, 5) is 5.40. The van der Waals surface area contributed by atoms with Gasteiger partial charge in [0.15, 0.2) is 0 Å². The number of hydrogen-bond donors (Lipinski definition) is 2. The quantitative estimate of drug-likeness (QED) is 0.427. The van der Waals surface area contributed by atoms with Crippen molar-refractivity contribution in [1.29, 1.82) is 0 Å². The molecule has 1 aromatic heterocycles. The van der Waals surface area contributed by atoms with E-state index >= 15 is 0 Å². The lowest BCUT2D eigenvalue weighted by Crippen LogP contribution is -2.44. The van der Waals surface area contributed by atoms with Crippen LogP contribution in [0.1, 0.15) is 36.2 Å². The van der Waals surface area contributed by atoms with Gasteiger partial charge < -0.3 is 15.0 Å². The molecule has 2 heterocycles. The Bertz CT molecular complexity index is 1010. The molecule has 0 saturated heterocycles. The van der Waals surface area contributed by atoms with Gasteiger partial charge in [0, 0.05) is 29.2 Å². The maximum Gasteiger partial charge on any atom is 0.251 e. The minimum absolute atomic E-state index is 0.00738. The summed E-state index contributed by atoms with van der Waals surface area (Å²) in [5, 5.41) is 4.29.